The van der Waals surface area contributed by atoms with Gasteiger partial charge >= 0.3 is 0 Å². The van der Waals surface area contributed by atoms with Crippen LogP contribution in [0.4, 0.5) is 5.69 Å². The van der Waals surface area contributed by atoms with Crippen LogP contribution in [0.5, 0.6) is 5.75 Å². The van der Waals surface area contributed by atoms with E-state index in [-0.39, 0.29) is 29.7 Å². The van der Waals surface area contributed by atoms with E-state index in [9.17, 15) is 13.2 Å². The maximum Gasteiger partial charge on any atom is 0.257 e. The van der Waals surface area contributed by atoms with Gasteiger partial charge in [0.25, 0.3) is 5.91 Å². The van der Waals surface area contributed by atoms with Gasteiger partial charge in [0.15, 0.2) is 0 Å². The summed E-state index contributed by atoms with van der Waals surface area (Å²) >= 11 is 0. The number of carbonyl (C=O) groups excluding carboxylic acids is 1. The lowest BCUT2D eigenvalue weighted by atomic mass is 10.0. The highest BCUT2D eigenvalue weighted by Gasteiger charge is 2.28. The molecule has 1 aliphatic heterocycles. The van der Waals surface area contributed by atoms with Crippen molar-refractivity contribution in [2.24, 2.45) is 5.92 Å². The number of methoxy groups -OCH3 is 1. The molecule has 2 aromatic rings. The third kappa shape index (κ3) is 7.16. The maximum absolute atomic E-state index is 13.4. The second-order valence-corrected chi connectivity index (χ2v) is 11.1. The summed E-state index contributed by atoms with van der Waals surface area (Å²) in [6.45, 7) is 7.89. The van der Waals surface area contributed by atoms with Crippen molar-refractivity contribution in [2.45, 2.75) is 39.5 Å². The largest absolute Gasteiger partial charge is 0.491 e. The number of fused-ring (bicyclic) bond motifs is 1. The number of nitrogens with one attached hydrogen (secondary N) is 1. The summed E-state index contributed by atoms with van der Waals surface area (Å²) in [6, 6.07) is 10.7. The molecule has 0 bridgehead atoms. The summed E-state index contributed by atoms with van der Waals surface area (Å²) in [6.07, 6.45) is 1.60. The normalized spacial score (nSPS) is 22.5. The van der Waals surface area contributed by atoms with Gasteiger partial charge < -0.3 is 14.4 Å². The Kier molecular flexibility index (Phi) is 9.09. The zero-order valence-electron chi connectivity index (χ0n) is 21.1. The first kappa shape index (κ1) is 26.9. The molecule has 192 valence electrons. The quantitative estimate of drug-likeness (QED) is 0.646. The molecule has 0 radical (unpaired) electrons. The van der Waals surface area contributed by atoms with Gasteiger partial charge in [0.05, 0.1) is 23.1 Å². The average molecular weight is 505 g/mol. The van der Waals surface area contributed by atoms with Crippen molar-refractivity contribution in [1.82, 2.24) is 14.8 Å². The Bertz CT molecular complexity index is 1100. The Morgan fingerprint density at radius 2 is 1.97 bits per heavy atom. The number of likely N-dealkylation sites (N-methyl/N-ethyl adjacent to an activating group) is 1. The number of ether oxygens (including phenoxy) is 2. The fourth-order valence-electron chi connectivity index (χ4n) is 4.09. The second kappa shape index (κ2) is 11.8. The number of nitrogens with zero attached hydrogens (tertiary/aromatic N) is 3. The number of aromatic nitrogens is 1. The van der Waals surface area contributed by atoms with Gasteiger partial charge in [-0.2, -0.15) is 0 Å². The number of hydrogen-bond acceptors (Lipinski definition) is 7. The van der Waals surface area contributed by atoms with Gasteiger partial charge in [-0.15, -0.1) is 0 Å². The zero-order chi connectivity index (χ0) is 25.6. The summed E-state index contributed by atoms with van der Waals surface area (Å²) in [4.78, 5) is 21.8. The monoisotopic (exact) mass is 504 g/mol. The molecule has 3 atom stereocenters. The van der Waals surface area contributed by atoms with Gasteiger partial charge in [-0.25, -0.2) is 8.42 Å². The minimum atomic E-state index is -3.48. The first-order chi connectivity index (χ1) is 16.6. The predicted octanol–water partition coefficient (Wildman–Crippen LogP) is 2.85. The van der Waals surface area contributed by atoms with Crippen LogP contribution in [0.1, 0.15) is 36.8 Å². The minimum Gasteiger partial charge on any atom is -0.491 e. The van der Waals surface area contributed by atoms with Crippen LogP contribution in [0, 0.1) is 5.92 Å². The van der Waals surface area contributed by atoms with Gasteiger partial charge in [-0.05, 0) is 50.1 Å². The molecule has 0 unspecified atom stereocenters. The minimum absolute atomic E-state index is 0.0235. The number of pyridine rings is 1. The van der Waals surface area contributed by atoms with E-state index in [1.807, 2.05) is 18.2 Å². The van der Waals surface area contributed by atoms with Crippen LogP contribution in [0.3, 0.4) is 0 Å². The summed E-state index contributed by atoms with van der Waals surface area (Å²) in [5.41, 5.74) is 1.59. The molecule has 0 fully saturated rings. The third-order valence-electron chi connectivity index (χ3n) is 6.32. The molecule has 3 rings (SSSR count). The molecule has 10 heteroatoms. The molecule has 0 saturated carbocycles. The van der Waals surface area contributed by atoms with Crippen molar-refractivity contribution in [3.8, 4) is 5.75 Å². The van der Waals surface area contributed by atoms with E-state index in [2.05, 4.69) is 28.5 Å². The smallest absolute Gasteiger partial charge is 0.257 e. The lowest BCUT2D eigenvalue weighted by Crippen LogP contribution is -2.46. The third-order valence-corrected chi connectivity index (χ3v) is 7.63. The molecule has 1 aliphatic rings. The number of sulfonamides is 1. The number of hydrogen-bond donors (Lipinski definition) is 1. The SMILES string of the molecule is CCS(=O)(=O)Nc1ccc2c(c1)C(=O)N(C)C[C@H](OC)[C@@H](C)CN(Cc1ccccn1)[C@@H](C)CO2. The number of rotatable bonds is 6. The zero-order valence-corrected chi connectivity index (χ0v) is 21.9. The Morgan fingerprint density at radius 1 is 1.20 bits per heavy atom. The standard InChI is InChI=1S/C25H36N4O5S/c1-6-35(31,32)27-20-10-11-23-22(13-20)25(30)28(4)16-24(33-5)18(2)14-29(19(3)17-34-23)15-21-9-7-8-12-26-21/h7-13,18-19,24,27H,6,14-17H2,1-5H3/t18-,19-,24-/m0/s1. The number of carbonyl (C=O) groups is 1. The summed E-state index contributed by atoms with van der Waals surface area (Å²) in [5.74, 6) is 0.216. The van der Waals surface area contributed by atoms with Crippen LogP contribution < -0.4 is 9.46 Å². The Hall–Kier alpha value is -2.69. The van der Waals surface area contributed by atoms with E-state index in [1.54, 1.807) is 44.3 Å². The lowest BCUT2D eigenvalue weighted by molar-refractivity contribution is 0.00901. The fourth-order valence-corrected chi connectivity index (χ4v) is 4.72. The highest BCUT2D eigenvalue weighted by atomic mass is 32.2. The molecular formula is C25H36N4O5S. The van der Waals surface area contributed by atoms with E-state index >= 15 is 0 Å². The lowest BCUT2D eigenvalue weighted by Gasteiger charge is -2.35. The molecule has 1 amide bonds. The number of anilines is 1. The maximum atomic E-state index is 13.4. The van der Waals surface area contributed by atoms with Crippen LogP contribution in [0.15, 0.2) is 42.6 Å². The van der Waals surface area contributed by atoms with Crippen molar-refractivity contribution in [3.63, 3.8) is 0 Å². The molecule has 0 saturated heterocycles. The van der Waals surface area contributed by atoms with Gasteiger partial charge in [0, 0.05) is 51.7 Å². The molecular weight excluding hydrogens is 468 g/mol. The van der Waals surface area contributed by atoms with Crippen molar-refractivity contribution < 1.29 is 22.7 Å². The van der Waals surface area contributed by atoms with Crippen molar-refractivity contribution in [2.75, 3.05) is 44.3 Å². The van der Waals surface area contributed by atoms with Gasteiger partial charge in [-0.1, -0.05) is 13.0 Å². The van der Waals surface area contributed by atoms with Gasteiger partial charge in [0.2, 0.25) is 10.0 Å². The summed E-state index contributed by atoms with van der Waals surface area (Å²) in [7, 11) is -0.109. The highest BCUT2D eigenvalue weighted by Crippen LogP contribution is 2.27. The average Bonchev–Trinajstić information content (AvgIpc) is 2.85. The molecule has 2 heterocycles. The van der Waals surface area contributed by atoms with E-state index in [1.165, 1.54) is 6.07 Å². The van der Waals surface area contributed by atoms with Crippen LogP contribution in [0.25, 0.3) is 0 Å². The second-order valence-electron chi connectivity index (χ2n) is 9.06. The Morgan fingerprint density at radius 3 is 2.63 bits per heavy atom. The van der Waals surface area contributed by atoms with Crippen molar-refractivity contribution in [3.05, 3.63) is 53.9 Å². The van der Waals surface area contributed by atoms with Gasteiger partial charge in [0.1, 0.15) is 12.4 Å². The molecule has 1 aromatic carbocycles. The first-order valence-electron chi connectivity index (χ1n) is 11.8. The van der Waals surface area contributed by atoms with Crippen molar-refractivity contribution >= 4 is 21.6 Å². The Labute approximate surface area is 208 Å². The van der Waals surface area contributed by atoms with Crippen LogP contribution in [0.2, 0.25) is 0 Å². The van der Waals surface area contributed by atoms with E-state index < -0.39 is 10.0 Å². The van der Waals surface area contributed by atoms with E-state index in [0.29, 0.717) is 36.7 Å². The molecule has 0 spiro atoms. The van der Waals surface area contributed by atoms with Crippen LogP contribution in [-0.2, 0) is 21.3 Å². The van der Waals surface area contributed by atoms with Crippen LogP contribution >= 0.6 is 0 Å². The van der Waals surface area contributed by atoms with E-state index in [4.69, 9.17) is 9.47 Å². The first-order valence-corrected chi connectivity index (χ1v) is 13.5. The molecule has 1 aromatic heterocycles. The van der Waals surface area contributed by atoms with Gasteiger partial charge in [-0.3, -0.25) is 19.4 Å². The number of amides is 1. The summed E-state index contributed by atoms with van der Waals surface area (Å²) in [5, 5.41) is 0. The molecule has 35 heavy (non-hydrogen) atoms. The van der Waals surface area contributed by atoms with E-state index in [0.717, 1.165) is 12.2 Å². The molecule has 1 N–H and O–H groups in total. The molecule has 0 aliphatic carbocycles. The predicted molar refractivity (Wildman–Crippen MR) is 136 cm³/mol. The highest BCUT2D eigenvalue weighted by molar-refractivity contribution is 7.92. The fraction of sp³-hybridized carbons (Fsp3) is 0.520. The topological polar surface area (TPSA) is 101 Å². The molecule has 9 nitrogen and oxygen atoms in total. The van der Waals surface area contributed by atoms with Crippen LogP contribution in [-0.4, -0.2) is 80.9 Å². The Balaban J connectivity index is 1.95. The summed E-state index contributed by atoms with van der Waals surface area (Å²) < 4.78 is 38.6. The van der Waals surface area contributed by atoms with Crippen molar-refractivity contribution in [1.29, 1.82) is 0 Å². The number of benzene rings is 1.